The van der Waals surface area contributed by atoms with Gasteiger partial charge < -0.3 is 0 Å². The third-order valence-electron chi connectivity index (χ3n) is 1.78. The van der Waals surface area contributed by atoms with Gasteiger partial charge in [-0.15, -0.1) is 0 Å². The Morgan fingerprint density at radius 3 is 2.69 bits per heavy atom. The minimum absolute atomic E-state index is 0.281. The zero-order valence-corrected chi connectivity index (χ0v) is 12.9. The van der Waals surface area contributed by atoms with E-state index in [2.05, 4.69) is 17.6 Å². The Balaban J connectivity index is 3.50. The fourth-order valence-corrected chi connectivity index (χ4v) is 7.37. The first-order valence-electron chi connectivity index (χ1n) is 4.67. The van der Waals surface area contributed by atoms with Gasteiger partial charge in [0.1, 0.15) is 0 Å². The zero-order valence-electron chi connectivity index (χ0n) is 8.42. The van der Waals surface area contributed by atoms with Gasteiger partial charge >= 0.3 is 95.6 Å². The molecule has 0 aromatic carbocycles. The van der Waals surface area contributed by atoms with Crippen molar-refractivity contribution in [1.29, 1.82) is 0 Å². The molecule has 2 nitrogen and oxygen atoms in total. The summed E-state index contributed by atoms with van der Waals surface area (Å²) in [5, 5.41) is 0. The van der Waals surface area contributed by atoms with Gasteiger partial charge in [-0.2, -0.15) is 0 Å². The number of nitrogens with two attached hydrogens (primary N) is 1. The van der Waals surface area contributed by atoms with Crippen LogP contribution >= 0.6 is 21.5 Å². The number of rotatable bonds is 7. The molecule has 0 saturated heterocycles. The average molecular weight is 332 g/mol. The maximum atomic E-state index is 6.31. The van der Waals surface area contributed by atoms with Crippen molar-refractivity contribution in [2.45, 2.75) is 35.2 Å². The summed E-state index contributed by atoms with van der Waals surface area (Å²) in [4.78, 5) is 2.10. The van der Waals surface area contributed by atoms with Crippen LogP contribution in [-0.4, -0.2) is 36.1 Å². The summed E-state index contributed by atoms with van der Waals surface area (Å²) in [6.45, 7) is 2.72. The van der Waals surface area contributed by atoms with Gasteiger partial charge in [0.25, 0.3) is 0 Å². The molecule has 0 fully saturated rings. The van der Waals surface area contributed by atoms with Gasteiger partial charge in [-0.3, -0.25) is 0 Å². The summed E-state index contributed by atoms with van der Waals surface area (Å²) in [5.74, 6) is 0.756. The van der Waals surface area contributed by atoms with Crippen LogP contribution in [0.1, 0.15) is 19.8 Å². The van der Waals surface area contributed by atoms with Crippen molar-refractivity contribution in [3.05, 3.63) is 0 Å². The normalized spacial score (nSPS) is 18.2. The number of halogens is 1. The van der Waals surface area contributed by atoms with Crippen LogP contribution in [0.3, 0.4) is 0 Å². The Kier molecular flexibility index (Phi) is 8.42. The van der Waals surface area contributed by atoms with Crippen molar-refractivity contribution >= 4 is 39.2 Å². The summed E-state index contributed by atoms with van der Waals surface area (Å²) < 4.78 is 6.67. The Morgan fingerprint density at radius 1 is 1.62 bits per heavy atom. The second kappa shape index (κ2) is 7.62. The molecule has 2 N–H and O–H groups in total. The molecule has 0 aliphatic heterocycles. The fraction of sp³-hybridized carbons (Fsp3) is 1.00. The predicted molar refractivity (Wildman–Crippen MR) is 65.0 cm³/mol. The van der Waals surface area contributed by atoms with Gasteiger partial charge in [-0.25, -0.2) is 0 Å². The molecule has 0 heterocycles. The van der Waals surface area contributed by atoms with E-state index < -0.39 is 17.7 Å². The molecular formula is C8H20ClNOSSn. The second-order valence-electron chi connectivity index (χ2n) is 3.54. The maximum absolute atomic E-state index is 6.31. The molecule has 5 heteroatoms. The van der Waals surface area contributed by atoms with Gasteiger partial charge in [0, 0.05) is 0 Å². The van der Waals surface area contributed by atoms with Crippen molar-refractivity contribution < 1.29 is 3.07 Å². The van der Waals surface area contributed by atoms with Crippen molar-refractivity contribution in [1.82, 2.24) is 0 Å². The molecule has 2 unspecified atom stereocenters. The fourth-order valence-electron chi connectivity index (χ4n) is 1.07. The van der Waals surface area contributed by atoms with Gasteiger partial charge in [0.05, 0.1) is 0 Å². The summed E-state index contributed by atoms with van der Waals surface area (Å²) in [6.07, 6.45) is 2.14. The summed E-state index contributed by atoms with van der Waals surface area (Å²) in [7, 11) is 6.31. The van der Waals surface area contributed by atoms with E-state index in [-0.39, 0.29) is 6.04 Å². The Hall–Kier alpha value is 1.36. The van der Waals surface area contributed by atoms with Crippen LogP contribution in [0.25, 0.3) is 0 Å². The molecular weight excluding hydrogens is 312 g/mol. The second-order valence-corrected chi connectivity index (χ2v) is 17.9. The van der Waals surface area contributed by atoms with Crippen LogP contribution in [0.4, 0.5) is 0 Å². The van der Waals surface area contributed by atoms with Crippen molar-refractivity contribution in [2.75, 3.05) is 12.4 Å². The molecule has 0 rings (SSSR count). The predicted octanol–water partition coefficient (Wildman–Crippen LogP) is 2.37. The van der Waals surface area contributed by atoms with Crippen LogP contribution < -0.4 is 5.73 Å². The van der Waals surface area contributed by atoms with Crippen molar-refractivity contribution in [3.8, 4) is 0 Å². The van der Waals surface area contributed by atoms with Crippen LogP contribution in [0.2, 0.25) is 9.38 Å². The van der Waals surface area contributed by atoms with E-state index in [0.29, 0.717) is 6.61 Å². The topological polar surface area (TPSA) is 35.2 Å². The van der Waals surface area contributed by atoms with E-state index in [1.807, 2.05) is 6.92 Å². The molecule has 0 aromatic heterocycles. The van der Waals surface area contributed by atoms with Gasteiger partial charge in [0.2, 0.25) is 0 Å². The SMILES string of the molecule is CC(N)CC[CH2][Sn]([CH3])([Cl])[O]CCS. The average Bonchev–Trinajstić information content (AvgIpc) is 2.00. The Morgan fingerprint density at radius 2 is 2.23 bits per heavy atom. The first-order valence-corrected chi connectivity index (χ1v) is 15.0. The van der Waals surface area contributed by atoms with E-state index in [9.17, 15) is 0 Å². The monoisotopic (exact) mass is 333 g/mol. The number of hydrogen-bond donors (Lipinski definition) is 2. The first kappa shape index (κ1) is 14.4. The van der Waals surface area contributed by atoms with Gasteiger partial charge in [-0.1, -0.05) is 0 Å². The summed E-state index contributed by atoms with van der Waals surface area (Å²) in [6, 6.07) is 0.281. The number of hydrogen-bond acceptors (Lipinski definition) is 3. The van der Waals surface area contributed by atoms with Crippen LogP contribution in [0.15, 0.2) is 0 Å². The first-order chi connectivity index (χ1) is 5.98. The quantitative estimate of drug-likeness (QED) is 0.555. The van der Waals surface area contributed by atoms with Crippen molar-refractivity contribution in [2.24, 2.45) is 5.73 Å². The third kappa shape index (κ3) is 9.66. The van der Waals surface area contributed by atoms with E-state index in [0.717, 1.165) is 23.0 Å². The van der Waals surface area contributed by atoms with Crippen LogP contribution in [0, 0.1) is 0 Å². The number of thiol groups is 1. The summed E-state index contributed by atoms with van der Waals surface area (Å²) in [5.41, 5.74) is 5.65. The molecule has 0 aliphatic carbocycles. The zero-order chi connectivity index (χ0) is 10.3. The molecule has 2 atom stereocenters. The van der Waals surface area contributed by atoms with Crippen LogP contribution in [-0.2, 0) is 3.07 Å². The van der Waals surface area contributed by atoms with E-state index in [4.69, 9.17) is 17.7 Å². The third-order valence-corrected chi connectivity index (χ3v) is 9.82. The van der Waals surface area contributed by atoms with Crippen molar-refractivity contribution in [3.63, 3.8) is 0 Å². The molecule has 80 valence electrons. The molecule has 0 spiro atoms. The molecule has 0 bridgehead atoms. The van der Waals surface area contributed by atoms with E-state index >= 15 is 0 Å². The van der Waals surface area contributed by atoms with E-state index in [1.54, 1.807) is 0 Å². The Bertz CT molecular complexity index is 135. The molecule has 0 radical (unpaired) electrons. The van der Waals surface area contributed by atoms with E-state index in [1.165, 1.54) is 0 Å². The molecule has 0 amide bonds. The standard InChI is InChI=1S/C5H12N.C2H5OS.CH3.ClH.Sn/c1-3-4-5(2)6;3-1-2-4;;;/h5H,1,3-4,6H2,2H3;4H,1-2H2;1H3;1H;/q;-1;;;+2/p-1. The van der Waals surface area contributed by atoms with Crippen LogP contribution in [0.5, 0.6) is 0 Å². The van der Waals surface area contributed by atoms with Gasteiger partial charge in [-0.05, 0) is 0 Å². The van der Waals surface area contributed by atoms with Gasteiger partial charge in [0.15, 0.2) is 0 Å². The molecule has 0 aliphatic rings. The molecule has 0 aromatic rings. The molecule has 0 saturated carbocycles. The molecule has 13 heavy (non-hydrogen) atoms. The Labute approximate surface area is 95.1 Å². The summed E-state index contributed by atoms with van der Waals surface area (Å²) >= 11 is 1.46. The minimum atomic E-state index is -2.63.